The summed E-state index contributed by atoms with van der Waals surface area (Å²) in [6, 6.07) is 8.66. The van der Waals surface area contributed by atoms with E-state index in [0.29, 0.717) is 12.7 Å². The number of hydrogen-bond acceptors (Lipinski definition) is 5. The number of likely N-dealkylation sites (tertiary alicyclic amines) is 1. The van der Waals surface area contributed by atoms with Crippen molar-refractivity contribution in [2.24, 2.45) is 4.99 Å². The van der Waals surface area contributed by atoms with E-state index in [1.807, 2.05) is 12.1 Å². The molecule has 0 N–H and O–H groups in total. The van der Waals surface area contributed by atoms with Crippen LogP contribution in [0.1, 0.15) is 32.6 Å². The summed E-state index contributed by atoms with van der Waals surface area (Å²) >= 11 is 0. The van der Waals surface area contributed by atoms with Crippen LogP contribution in [-0.2, 0) is 4.74 Å². The van der Waals surface area contributed by atoms with Gasteiger partial charge in [0.15, 0.2) is 0 Å². The molecule has 1 fully saturated rings. The van der Waals surface area contributed by atoms with Gasteiger partial charge in [0.1, 0.15) is 18.3 Å². The maximum atomic E-state index is 5.40. The highest BCUT2D eigenvalue weighted by Gasteiger charge is 2.28. The highest BCUT2D eigenvalue weighted by atomic mass is 16.5. The highest BCUT2D eigenvalue weighted by molar-refractivity contribution is 5.95. The maximum Gasteiger partial charge on any atom is 0.127 e. The Kier molecular flexibility index (Phi) is 5.97. The number of hydrogen-bond donors (Lipinski definition) is 0. The molecule has 2 aliphatic heterocycles. The molecule has 2 aliphatic rings. The fourth-order valence-corrected chi connectivity index (χ4v) is 3.67. The molecule has 0 aliphatic carbocycles. The lowest BCUT2D eigenvalue weighted by molar-refractivity contribution is 0.145. The standard InChI is InChI=1S/C20H29N3O2/c1-4-7-16-13-20(22-11-6-9-18(22)14-24-2)21-15-23(16)17-8-5-10-19(12-17)25-3/h5,8,10,12-13,18H,4,6-7,9,11,14-15H2,1-3H3/t18-/m0/s1. The Morgan fingerprint density at radius 1 is 1.28 bits per heavy atom. The second kappa shape index (κ2) is 8.39. The summed E-state index contributed by atoms with van der Waals surface area (Å²) in [7, 11) is 3.49. The first kappa shape index (κ1) is 17.8. The molecule has 0 aromatic heterocycles. The number of nitrogens with zero attached hydrogens (tertiary/aromatic N) is 3. The molecule has 0 saturated carbocycles. The second-order valence-electron chi connectivity index (χ2n) is 6.62. The minimum Gasteiger partial charge on any atom is -0.497 e. The molecule has 25 heavy (non-hydrogen) atoms. The summed E-state index contributed by atoms with van der Waals surface area (Å²) in [5.74, 6) is 1.99. The van der Waals surface area contributed by atoms with Crippen LogP contribution in [0.25, 0.3) is 0 Å². The second-order valence-corrected chi connectivity index (χ2v) is 6.62. The van der Waals surface area contributed by atoms with Gasteiger partial charge in [0.05, 0.1) is 19.8 Å². The third-order valence-corrected chi connectivity index (χ3v) is 4.92. The summed E-state index contributed by atoms with van der Waals surface area (Å²) in [5, 5.41) is 0. The first-order chi connectivity index (χ1) is 12.3. The van der Waals surface area contributed by atoms with Crippen LogP contribution in [-0.4, -0.2) is 50.8 Å². The number of allylic oxidation sites excluding steroid dienone is 1. The van der Waals surface area contributed by atoms with Crippen LogP contribution in [0.5, 0.6) is 5.75 Å². The Balaban J connectivity index is 1.83. The molecule has 0 bridgehead atoms. The molecule has 5 heteroatoms. The minimum absolute atomic E-state index is 0.450. The third kappa shape index (κ3) is 3.98. The zero-order valence-electron chi connectivity index (χ0n) is 15.6. The Labute approximate surface area is 150 Å². The van der Waals surface area contributed by atoms with Gasteiger partial charge in [-0.2, -0.15) is 0 Å². The van der Waals surface area contributed by atoms with Crippen molar-refractivity contribution in [3.63, 3.8) is 0 Å². The van der Waals surface area contributed by atoms with Crippen molar-refractivity contribution in [2.75, 3.05) is 38.9 Å². The van der Waals surface area contributed by atoms with Crippen LogP contribution in [0.4, 0.5) is 5.69 Å². The maximum absolute atomic E-state index is 5.40. The molecule has 136 valence electrons. The normalized spacial score (nSPS) is 20.5. The number of ether oxygens (including phenoxy) is 2. The first-order valence-electron chi connectivity index (χ1n) is 9.19. The van der Waals surface area contributed by atoms with Gasteiger partial charge >= 0.3 is 0 Å². The fraction of sp³-hybridized carbons (Fsp3) is 0.550. The van der Waals surface area contributed by atoms with Gasteiger partial charge in [-0.3, -0.25) is 0 Å². The molecule has 0 spiro atoms. The molecule has 0 amide bonds. The smallest absolute Gasteiger partial charge is 0.127 e. The third-order valence-electron chi connectivity index (χ3n) is 4.92. The fourth-order valence-electron chi connectivity index (χ4n) is 3.67. The number of rotatable bonds is 6. The topological polar surface area (TPSA) is 37.3 Å². The van der Waals surface area contributed by atoms with Gasteiger partial charge < -0.3 is 19.3 Å². The summed E-state index contributed by atoms with van der Waals surface area (Å²) in [4.78, 5) is 9.59. The monoisotopic (exact) mass is 343 g/mol. The van der Waals surface area contributed by atoms with Gasteiger partial charge in [-0.05, 0) is 37.5 Å². The molecule has 1 aromatic carbocycles. The molecule has 2 heterocycles. The number of amidine groups is 1. The molecule has 3 rings (SSSR count). The van der Waals surface area contributed by atoms with Gasteiger partial charge in [-0.25, -0.2) is 4.99 Å². The first-order valence-corrected chi connectivity index (χ1v) is 9.19. The number of aliphatic imine (C=N–C) groups is 1. The van der Waals surface area contributed by atoms with E-state index in [-0.39, 0.29) is 0 Å². The molecular formula is C20H29N3O2. The lowest BCUT2D eigenvalue weighted by Crippen LogP contribution is -2.40. The van der Waals surface area contributed by atoms with Gasteiger partial charge in [-0.1, -0.05) is 19.4 Å². The zero-order chi connectivity index (χ0) is 17.6. The Hall–Kier alpha value is -2.01. The number of benzene rings is 1. The van der Waals surface area contributed by atoms with E-state index in [9.17, 15) is 0 Å². The van der Waals surface area contributed by atoms with E-state index in [4.69, 9.17) is 14.5 Å². The predicted octanol–water partition coefficient (Wildman–Crippen LogP) is 3.67. The van der Waals surface area contributed by atoms with Crippen LogP contribution in [0, 0.1) is 0 Å². The van der Waals surface area contributed by atoms with Crippen LogP contribution in [0.15, 0.2) is 41.0 Å². The number of methoxy groups -OCH3 is 2. The van der Waals surface area contributed by atoms with Crippen LogP contribution in [0.2, 0.25) is 0 Å². The van der Waals surface area contributed by atoms with Gasteiger partial charge in [0, 0.05) is 31.1 Å². The van der Waals surface area contributed by atoms with Crippen molar-refractivity contribution < 1.29 is 9.47 Å². The van der Waals surface area contributed by atoms with Gasteiger partial charge in [0.25, 0.3) is 0 Å². The highest BCUT2D eigenvalue weighted by Crippen LogP contribution is 2.29. The number of anilines is 1. The predicted molar refractivity (Wildman–Crippen MR) is 102 cm³/mol. The molecule has 1 saturated heterocycles. The molecule has 1 aromatic rings. The summed E-state index contributed by atoms with van der Waals surface area (Å²) < 4.78 is 10.8. The van der Waals surface area contributed by atoms with Crippen molar-refractivity contribution in [2.45, 2.75) is 38.6 Å². The van der Waals surface area contributed by atoms with E-state index in [0.717, 1.165) is 43.3 Å². The summed E-state index contributed by atoms with van der Waals surface area (Å²) in [6.45, 7) is 4.72. The molecule has 5 nitrogen and oxygen atoms in total. The van der Waals surface area contributed by atoms with E-state index < -0.39 is 0 Å². The van der Waals surface area contributed by atoms with E-state index in [2.05, 4.69) is 34.9 Å². The van der Waals surface area contributed by atoms with Crippen molar-refractivity contribution in [1.82, 2.24) is 4.90 Å². The summed E-state index contributed by atoms with van der Waals surface area (Å²) in [6.07, 6.45) is 6.81. The Bertz CT molecular complexity index is 642. The average molecular weight is 343 g/mol. The van der Waals surface area contributed by atoms with Crippen molar-refractivity contribution in [3.8, 4) is 5.75 Å². The van der Waals surface area contributed by atoms with Crippen LogP contribution < -0.4 is 9.64 Å². The molecule has 1 atom stereocenters. The Morgan fingerprint density at radius 3 is 2.92 bits per heavy atom. The van der Waals surface area contributed by atoms with Crippen molar-refractivity contribution in [3.05, 3.63) is 36.0 Å². The SMILES string of the molecule is CCCC1=CC(N2CCC[C@H]2COC)=NCN1c1cccc(OC)c1. The van der Waals surface area contributed by atoms with Crippen molar-refractivity contribution in [1.29, 1.82) is 0 Å². The van der Waals surface area contributed by atoms with Crippen molar-refractivity contribution >= 4 is 11.5 Å². The molecule has 0 unspecified atom stereocenters. The van der Waals surface area contributed by atoms with Gasteiger partial charge in [0.2, 0.25) is 0 Å². The molecular weight excluding hydrogens is 314 g/mol. The summed E-state index contributed by atoms with van der Waals surface area (Å²) in [5.41, 5.74) is 2.46. The van der Waals surface area contributed by atoms with E-state index >= 15 is 0 Å². The van der Waals surface area contributed by atoms with Crippen LogP contribution in [0.3, 0.4) is 0 Å². The largest absolute Gasteiger partial charge is 0.497 e. The minimum atomic E-state index is 0.450. The molecule has 0 radical (unpaired) electrons. The van der Waals surface area contributed by atoms with Gasteiger partial charge in [-0.15, -0.1) is 0 Å². The lowest BCUT2D eigenvalue weighted by atomic mass is 10.1. The van der Waals surface area contributed by atoms with E-state index in [1.165, 1.54) is 18.5 Å². The average Bonchev–Trinajstić information content (AvgIpc) is 3.10. The lowest BCUT2D eigenvalue weighted by Gasteiger charge is -2.34. The Morgan fingerprint density at radius 2 is 2.16 bits per heavy atom. The zero-order valence-corrected chi connectivity index (χ0v) is 15.6. The van der Waals surface area contributed by atoms with Crippen LogP contribution >= 0.6 is 0 Å². The van der Waals surface area contributed by atoms with E-state index in [1.54, 1.807) is 14.2 Å². The quantitative estimate of drug-likeness (QED) is 0.790.